The van der Waals surface area contributed by atoms with E-state index in [2.05, 4.69) is 0 Å². The second-order valence-corrected chi connectivity index (χ2v) is 6.54. The first kappa shape index (κ1) is 19.9. The summed E-state index contributed by atoms with van der Waals surface area (Å²) in [5, 5.41) is 48.1. The number of halogens is 3. The van der Waals surface area contributed by atoms with Crippen molar-refractivity contribution in [3.05, 3.63) is 0 Å². The van der Waals surface area contributed by atoms with Crippen molar-refractivity contribution in [3.63, 3.8) is 0 Å². The lowest BCUT2D eigenvalue weighted by atomic mass is 10.0. The topological polar surface area (TPSA) is 129 Å². The molecule has 5 N–H and O–H groups in total. The number of rotatable bonds is 5. The summed E-state index contributed by atoms with van der Waals surface area (Å²) in [5.74, 6) is -2.43. The third-order valence-electron chi connectivity index (χ3n) is 3.96. The van der Waals surface area contributed by atoms with Crippen LogP contribution in [0.4, 0.5) is 0 Å². The molecule has 0 bridgehead atoms. The third kappa shape index (κ3) is 3.58. The summed E-state index contributed by atoms with van der Waals surface area (Å²) in [6.45, 7) is -0.526. The van der Waals surface area contributed by atoms with Crippen molar-refractivity contribution in [3.8, 4) is 0 Å². The Bertz CT molecular complexity index is 403. The molecule has 8 nitrogen and oxygen atoms in total. The Morgan fingerprint density at radius 1 is 1.00 bits per heavy atom. The minimum absolute atomic E-state index is 0.125. The molecular formula is C12H19Cl3O8. The first-order valence-corrected chi connectivity index (χ1v) is 8.42. The molecule has 0 aromatic heterocycles. The second-order valence-electron chi connectivity index (χ2n) is 5.46. The van der Waals surface area contributed by atoms with Crippen molar-refractivity contribution < 1.29 is 39.7 Å². The molecule has 136 valence electrons. The molecule has 2 fully saturated rings. The molecule has 0 radical (unpaired) electrons. The fraction of sp³-hybridized carbons (Fsp3) is 1.00. The summed E-state index contributed by atoms with van der Waals surface area (Å²) >= 11 is 17.3. The van der Waals surface area contributed by atoms with Crippen molar-refractivity contribution in [1.29, 1.82) is 0 Å². The molecule has 0 saturated carbocycles. The normalized spacial score (nSPS) is 51.1. The van der Waals surface area contributed by atoms with Gasteiger partial charge in [-0.05, 0) is 0 Å². The van der Waals surface area contributed by atoms with Gasteiger partial charge in [0, 0.05) is 0 Å². The summed E-state index contributed by atoms with van der Waals surface area (Å²) < 4.78 is 16.1. The van der Waals surface area contributed by atoms with E-state index >= 15 is 0 Å². The summed E-state index contributed by atoms with van der Waals surface area (Å²) in [7, 11) is 0. The van der Waals surface area contributed by atoms with E-state index < -0.39 is 66.6 Å². The summed E-state index contributed by atoms with van der Waals surface area (Å²) in [6, 6.07) is 0. The van der Waals surface area contributed by atoms with Gasteiger partial charge in [-0.2, -0.15) is 0 Å². The molecule has 2 rings (SSSR count). The number of ether oxygens (including phenoxy) is 3. The minimum Gasteiger partial charge on any atom is -0.394 e. The second kappa shape index (κ2) is 7.84. The Morgan fingerprint density at radius 2 is 1.65 bits per heavy atom. The van der Waals surface area contributed by atoms with E-state index in [4.69, 9.17) is 49.0 Å². The van der Waals surface area contributed by atoms with Crippen LogP contribution in [0.5, 0.6) is 0 Å². The Morgan fingerprint density at radius 3 is 2.13 bits per heavy atom. The maximum absolute atomic E-state index is 10.1. The van der Waals surface area contributed by atoms with E-state index in [1.54, 1.807) is 0 Å². The van der Waals surface area contributed by atoms with Crippen molar-refractivity contribution in [2.75, 3.05) is 18.4 Å². The monoisotopic (exact) mass is 396 g/mol. The fourth-order valence-corrected chi connectivity index (χ4v) is 3.37. The van der Waals surface area contributed by atoms with Gasteiger partial charge in [-0.25, -0.2) is 0 Å². The maximum atomic E-state index is 10.1. The highest BCUT2D eigenvalue weighted by Gasteiger charge is 2.58. The van der Waals surface area contributed by atoms with E-state index in [-0.39, 0.29) is 5.88 Å². The number of hydrogen-bond acceptors (Lipinski definition) is 8. The van der Waals surface area contributed by atoms with Gasteiger partial charge >= 0.3 is 0 Å². The van der Waals surface area contributed by atoms with Gasteiger partial charge in [0.1, 0.15) is 36.6 Å². The summed E-state index contributed by atoms with van der Waals surface area (Å²) in [4.78, 5) is 0. The smallest absolute Gasteiger partial charge is 0.214 e. The van der Waals surface area contributed by atoms with Crippen LogP contribution in [0.1, 0.15) is 0 Å². The van der Waals surface area contributed by atoms with Crippen LogP contribution in [0.3, 0.4) is 0 Å². The molecule has 0 aromatic rings. The van der Waals surface area contributed by atoms with Gasteiger partial charge in [0.2, 0.25) is 5.79 Å². The Hall–Kier alpha value is 0.550. The molecule has 0 aromatic carbocycles. The number of hydrogen-bond donors (Lipinski definition) is 5. The van der Waals surface area contributed by atoms with Crippen LogP contribution in [0.15, 0.2) is 0 Å². The Kier molecular flexibility index (Phi) is 6.77. The van der Waals surface area contributed by atoms with Gasteiger partial charge in [-0.15, -0.1) is 34.8 Å². The van der Waals surface area contributed by atoms with Crippen LogP contribution in [-0.2, 0) is 14.2 Å². The number of aliphatic hydroxyl groups is 5. The molecule has 9 atom stereocenters. The average molecular weight is 398 g/mol. The molecule has 2 saturated heterocycles. The van der Waals surface area contributed by atoms with Crippen LogP contribution >= 0.6 is 34.8 Å². The molecule has 0 aliphatic carbocycles. The lowest BCUT2D eigenvalue weighted by Gasteiger charge is -2.43. The molecular weight excluding hydrogens is 378 g/mol. The molecule has 0 spiro atoms. The first-order chi connectivity index (χ1) is 10.8. The van der Waals surface area contributed by atoms with E-state index in [0.29, 0.717) is 0 Å². The standard InChI is InChI=1S/C12H19Cl3O8/c13-1-4-7(17)10(20)12(3-14,22-4)23-11-9(19)8(18)6(15)5(2-16)21-11/h4-11,16-20H,1-3H2/t4-,5?,6+,7+,8+,9?,10?,11-,12-/m1/s1. The van der Waals surface area contributed by atoms with Crippen LogP contribution in [0.2, 0.25) is 0 Å². The van der Waals surface area contributed by atoms with Crippen molar-refractivity contribution >= 4 is 34.8 Å². The van der Waals surface area contributed by atoms with E-state index in [1.165, 1.54) is 0 Å². The zero-order valence-electron chi connectivity index (χ0n) is 11.8. The number of aliphatic hydroxyl groups excluding tert-OH is 5. The highest BCUT2D eigenvalue weighted by atomic mass is 35.5. The van der Waals surface area contributed by atoms with E-state index in [1.807, 2.05) is 0 Å². The van der Waals surface area contributed by atoms with E-state index in [0.717, 1.165) is 0 Å². The van der Waals surface area contributed by atoms with Crippen molar-refractivity contribution in [2.45, 2.75) is 54.1 Å². The molecule has 0 amide bonds. The van der Waals surface area contributed by atoms with E-state index in [9.17, 15) is 25.5 Å². The molecule has 23 heavy (non-hydrogen) atoms. The summed E-state index contributed by atoms with van der Waals surface area (Å²) in [5.41, 5.74) is 0. The zero-order valence-corrected chi connectivity index (χ0v) is 14.1. The average Bonchev–Trinajstić information content (AvgIpc) is 2.80. The Labute approximate surface area is 147 Å². The Balaban J connectivity index is 2.18. The molecule has 11 heteroatoms. The summed E-state index contributed by atoms with van der Waals surface area (Å²) in [6.07, 6.45) is -9.39. The third-order valence-corrected chi connectivity index (χ3v) is 5.17. The quantitative estimate of drug-likeness (QED) is 0.349. The maximum Gasteiger partial charge on any atom is 0.214 e. The molecule has 2 aliphatic rings. The predicted molar refractivity (Wildman–Crippen MR) is 79.5 cm³/mol. The predicted octanol–water partition coefficient (Wildman–Crippen LogP) is -1.66. The van der Waals surface area contributed by atoms with Crippen molar-refractivity contribution in [1.82, 2.24) is 0 Å². The van der Waals surface area contributed by atoms with Gasteiger partial charge in [0.15, 0.2) is 6.29 Å². The highest BCUT2D eigenvalue weighted by molar-refractivity contribution is 6.21. The van der Waals surface area contributed by atoms with Crippen LogP contribution in [0.25, 0.3) is 0 Å². The van der Waals surface area contributed by atoms with Gasteiger partial charge in [0.25, 0.3) is 0 Å². The van der Waals surface area contributed by atoms with Crippen LogP contribution in [0, 0.1) is 0 Å². The fourth-order valence-electron chi connectivity index (χ4n) is 2.56. The van der Waals surface area contributed by atoms with Gasteiger partial charge in [-0.1, -0.05) is 0 Å². The first-order valence-electron chi connectivity index (χ1n) is 6.91. The van der Waals surface area contributed by atoms with Gasteiger partial charge in [0.05, 0.1) is 23.7 Å². The molecule has 2 aliphatic heterocycles. The molecule has 3 unspecified atom stereocenters. The van der Waals surface area contributed by atoms with Gasteiger partial charge < -0.3 is 39.7 Å². The van der Waals surface area contributed by atoms with Crippen LogP contribution < -0.4 is 0 Å². The minimum atomic E-state index is -1.90. The highest BCUT2D eigenvalue weighted by Crippen LogP contribution is 2.37. The van der Waals surface area contributed by atoms with Gasteiger partial charge in [-0.3, -0.25) is 0 Å². The molecule has 2 heterocycles. The van der Waals surface area contributed by atoms with Crippen molar-refractivity contribution in [2.24, 2.45) is 0 Å². The lowest BCUT2D eigenvalue weighted by Crippen LogP contribution is -2.61. The zero-order chi connectivity index (χ0) is 17.4. The SMILES string of the molecule is OCC1O[C@H](O[C@@]2(CCl)O[C@H](CCl)[C@H](O)C2O)C(O)[C@@H](O)[C@H]1Cl. The van der Waals surface area contributed by atoms with Crippen LogP contribution in [-0.4, -0.2) is 98.0 Å². The lowest BCUT2D eigenvalue weighted by molar-refractivity contribution is -0.357. The number of alkyl halides is 3. The largest absolute Gasteiger partial charge is 0.394 e.